The summed E-state index contributed by atoms with van der Waals surface area (Å²) < 4.78 is 6.43. The minimum atomic E-state index is -0.122. The van der Waals surface area contributed by atoms with Crippen LogP contribution in [-0.2, 0) is 20.9 Å². The molecule has 0 bridgehead atoms. The first-order valence-electron chi connectivity index (χ1n) is 8.12. The lowest BCUT2D eigenvalue weighted by atomic mass is 10.2. The van der Waals surface area contributed by atoms with E-state index < -0.39 is 0 Å². The molecule has 0 aliphatic carbocycles. The molecule has 1 fully saturated rings. The van der Waals surface area contributed by atoms with Gasteiger partial charge in [0.2, 0.25) is 11.8 Å². The van der Waals surface area contributed by atoms with E-state index in [1.165, 1.54) is 0 Å². The summed E-state index contributed by atoms with van der Waals surface area (Å²) in [6.07, 6.45) is 0.434. The summed E-state index contributed by atoms with van der Waals surface area (Å²) >= 11 is 1.57. The molecule has 1 aliphatic heterocycles. The summed E-state index contributed by atoms with van der Waals surface area (Å²) in [5.41, 5.74) is 0.947. The van der Waals surface area contributed by atoms with Gasteiger partial charge in [0.05, 0.1) is 36.0 Å². The Bertz CT molecular complexity index is 698. The number of fused-ring (bicyclic) bond motifs is 1. The average Bonchev–Trinajstić information content (AvgIpc) is 3.01. The normalized spacial score (nSPS) is 17.9. The van der Waals surface area contributed by atoms with E-state index in [4.69, 9.17) is 4.74 Å². The minimum Gasteiger partial charge on any atom is -0.377 e. The summed E-state index contributed by atoms with van der Waals surface area (Å²) in [6, 6.07) is 7.97. The first-order valence-corrected chi connectivity index (χ1v) is 8.93. The number of benzene rings is 1. The summed E-state index contributed by atoms with van der Waals surface area (Å²) in [7, 11) is 0. The fraction of sp³-hybridized carbons (Fsp3) is 0.471. The maximum absolute atomic E-state index is 12.2. The number of morpholine rings is 1. The molecule has 3 rings (SSSR count). The van der Waals surface area contributed by atoms with Crippen molar-refractivity contribution < 1.29 is 14.3 Å². The van der Waals surface area contributed by atoms with E-state index in [-0.39, 0.29) is 30.7 Å². The molecule has 6 nitrogen and oxygen atoms in total. The van der Waals surface area contributed by atoms with Crippen molar-refractivity contribution in [3.63, 3.8) is 0 Å². The van der Waals surface area contributed by atoms with Crippen molar-refractivity contribution in [3.8, 4) is 0 Å². The molecule has 2 heterocycles. The molecule has 2 amide bonds. The Balaban J connectivity index is 1.44. The van der Waals surface area contributed by atoms with Crippen LogP contribution in [0.5, 0.6) is 0 Å². The van der Waals surface area contributed by atoms with Crippen molar-refractivity contribution in [2.24, 2.45) is 0 Å². The molecule has 7 heteroatoms. The van der Waals surface area contributed by atoms with E-state index in [0.717, 1.165) is 15.2 Å². The van der Waals surface area contributed by atoms with Crippen LogP contribution in [0.3, 0.4) is 0 Å². The number of carbonyl (C=O) groups excluding carboxylic acids is 2. The number of para-hydroxylation sites is 1. The van der Waals surface area contributed by atoms with E-state index in [1.54, 1.807) is 16.2 Å². The number of nitrogens with zero attached hydrogens (tertiary/aromatic N) is 2. The van der Waals surface area contributed by atoms with Gasteiger partial charge in [-0.2, -0.15) is 0 Å². The van der Waals surface area contributed by atoms with Crippen molar-refractivity contribution >= 4 is 33.4 Å². The van der Waals surface area contributed by atoms with Gasteiger partial charge in [-0.3, -0.25) is 9.59 Å². The van der Waals surface area contributed by atoms with Crippen LogP contribution >= 0.6 is 11.3 Å². The van der Waals surface area contributed by atoms with Crippen molar-refractivity contribution in [1.82, 2.24) is 15.2 Å². The maximum atomic E-state index is 12.2. The molecule has 1 aliphatic rings. The molecule has 1 N–H and O–H groups in total. The Morgan fingerprint density at radius 3 is 3.00 bits per heavy atom. The molecule has 128 valence electrons. The molecule has 1 aromatic carbocycles. The SMILES string of the molecule is C[C@H]1COCCN1C(=O)CCC(=O)NCc1nc2ccccc2s1. The second-order valence-corrected chi connectivity index (χ2v) is 6.98. The average molecular weight is 347 g/mol. The molecule has 1 saturated heterocycles. The largest absolute Gasteiger partial charge is 0.377 e. The van der Waals surface area contributed by atoms with Gasteiger partial charge in [0.15, 0.2) is 0 Å². The molecule has 2 aromatic rings. The Morgan fingerprint density at radius 1 is 1.38 bits per heavy atom. The molecule has 1 aromatic heterocycles. The zero-order chi connectivity index (χ0) is 16.9. The van der Waals surface area contributed by atoms with Crippen molar-refractivity contribution in [1.29, 1.82) is 0 Å². The summed E-state index contributed by atoms with van der Waals surface area (Å²) in [5.74, 6) is -0.107. The molecule has 0 spiro atoms. The first-order chi connectivity index (χ1) is 11.6. The maximum Gasteiger partial charge on any atom is 0.223 e. The highest BCUT2D eigenvalue weighted by molar-refractivity contribution is 7.18. The number of aromatic nitrogens is 1. The topological polar surface area (TPSA) is 71.5 Å². The van der Waals surface area contributed by atoms with Gasteiger partial charge in [0.1, 0.15) is 5.01 Å². The highest BCUT2D eigenvalue weighted by Crippen LogP contribution is 2.21. The van der Waals surface area contributed by atoms with Gasteiger partial charge in [0.25, 0.3) is 0 Å². The predicted octanol–water partition coefficient (Wildman–Crippen LogP) is 1.94. The van der Waals surface area contributed by atoms with Gasteiger partial charge in [-0.15, -0.1) is 11.3 Å². The van der Waals surface area contributed by atoms with Crippen molar-refractivity contribution in [2.75, 3.05) is 19.8 Å². The minimum absolute atomic E-state index is 0.0148. The summed E-state index contributed by atoms with van der Waals surface area (Å²) in [6.45, 7) is 4.10. The number of amides is 2. The van der Waals surface area contributed by atoms with Crippen LogP contribution in [-0.4, -0.2) is 47.5 Å². The fourth-order valence-electron chi connectivity index (χ4n) is 2.72. The second kappa shape index (κ2) is 7.72. The molecule has 1 atom stereocenters. The van der Waals surface area contributed by atoms with Gasteiger partial charge in [-0.1, -0.05) is 12.1 Å². The molecule has 0 saturated carbocycles. The third kappa shape index (κ3) is 4.10. The monoisotopic (exact) mass is 347 g/mol. The first kappa shape index (κ1) is 16.9. The number of thiazole rings is 1. The number of hydrogen-bond acceptors (Lipinski definition) is 5. The van der Waals surface area contributed by atoms with Crippen LogP contribution in [0.4, 0.5) is 0 Å². The number of ether oxygens (including phenoxy) is 1. The summed E-state index contributed by atoms with van der Waals surface area (Å²) in [5, 5.41) is 3.72. The van der Waals surface area contributed by atoms with E-state index >= 15 is 0 Å². The van der Waals surface area contributed by atoms with Crippen LogP contribution in [0.15, 0.2) is 24.3 Å². The lowest BCUT2D eigenvalue weighted by molar-refractivity contribution is -0.140. The lowest BCUT2D eigenvalue weighted by Gasteiger charge is -2.33. The molecule has 0 radical (unpaired) electrons. The Hall–Kier alpha value is -1.99. The highest BCUT2D eigenvalue weighted by Gasteiger charge is 2.23. The number of nitrogens with one attached hydrogen (secondary N) is 1. The molecular formula is C17H21N3O3S. The zero-order valence-corrected chi connectivity index (χ0v) is 14.5. The second-order valence-electron chi connectivity index (χ2n) is 5.86. The van der Waals surface area contributed by atoms with Gasteiger partial charge >= 0.3 is 0 Å². The number of rotatable bonds is 5. The molecule has 24 heavy (non-hydrogen) atoms. The van der Waals surface area contributed by atoms with Crippen LogP contribution in [0.25, 0.3) is 10.2 Å². The highest BCUT2D eigenvalue weighted by atomic mass is 32.1. The molecular weight excluding hydrogens is 326 g/mol. The van der Waals surface area contributed by atoms with Crippen LogP contribution in [0.1, 0.15) is 24.8 Å². The Morgan fingerprint density at radius 2 is 2.21 bits per heavy atom. The Kier molecular flexibility index (Phi) is 5.42. The van der Waals surface area contributed by atoms with Gasteiger partial charge in [-0.25, -0.2) is 4.98 Å². The quantitative estimate of drug-likeness (QED) is 0.897. The number of hydrogen-bond donors (Lipinski definition) is 1. The van der Waals surface area contributed by atoms with Crippen molar-refractivity contribution in [3.05, 3.63) is 29.3 Å². The predicted molar refractivity (Wildman–Crippen MR) is 92.7 cm³/mol. The Labute approximate surface area is 144 Å². The molecule has 0 unspecified atom stereocenters. The van der Waals surface area contributed by atoms with Crippen LogP contribution < -0.4 is 5.32 Å². The third-order valence-electron chi connectivity index (χ3n) is 4.03. The zero-order valence-electron chi connectivity index (χ0n) is 13.7. The van der Waals surface area contributed by atoms with Gasteiger partial charge in [-0.05, 0) is 19.1 Å². The van der Waals surface area contributed by atoms with Crippen molar-refractivity contribution in [2.45, 2.75) is 32.4 Å². The van der Waals surface area contributed by atoms with E-state index in [1.807, 2.05) is 31.2 Å². The van der Waals surface area contributed by atoms with Gasteiger partial charge < -0.3 is 15.0 Å². The van der Waals surface area contributed by atoms with E-state index in [0.29, 0.717) is 26.3 Å². The van der Waals surface area contributed by atoms with Crippen LogP contribution in [0, 0.1) is 0 Å². The standard InChI is InChI=1S/C17H21N3O3S/c1-12-11-23-9-8-20(12)17(22)7-6-15(21)18-10-16-19-13-4-2-3-5-14(13)24-16/h2-5,12H,6-11H2,1H3,(H,18,21)/t12-/m0/s1. The van der Waals surface area contributed by atoms with Crippen LogP contribution in [0.2, 0.25) is 0 Å². The van der Waals surface area contributed by atoms with E-state index in [2.05, 4.69) is 10.3 Å². The van der Waals surface area contributed by atoms with Gasteiger partial charge in [0, 0.05) is 19.4 Å². The lowest BCUT2D eigenvalue weighted by Crippen LogP contribution is -2.47. The smallest absolute Gasteiger partial charge is 0.223 e. The van der Waals surface area contributed by atoms with E-state index in [9.17, 15) is 9.59 Å². The summed E-state index contributed by atoms with van der Waals surface area (Å²) in [4.78, 5) is 30.4. The fourth-order valence-corrected chi connectivity index (χ4v) is 3.63. The number of carbonyl (C=O) groups is 2. The third-order valence-corrected chi connectivity index (χ3v) is 5.07.